The van der Waals surface area contributed by atoms with Crippen molar-refractivity contribution in [1.29, 1.82) is 0 Å². The number of hydrogen-bond acceptors (Lipinski definition) is 2. The van der Waals surface area contributed by atoms with E-state index in [2.05, 4.69) is 20.8 Å². The third-order valence-corrected chi connectivity index (χ3v) is 2.58. The van der Waals surface area contributed by atoms with E-state index in [1.54, 1.807) is 6.07 Å². The summed E-state index contributed by atoms with van der Waals surface area (Å²) in [5, 5.41) is 9.68. The molecule has 1 saturated carbocycles. The van der Waals surface area contributed by atoms with Crippen LogP contribution in [-0.2, 0) is 6.42 Å². The zero-order valence-corrected chi connectivity index (χ0v) is 10.3. The zero-order chi connectivity index (χ0) is 11.8. The van der Waals surface area contributed by atoms with Crippen LogP contribution in [0, 0.1) is 5.41 Å². The number of hydrogen-bond donors (Lipinski definition) is 1. The summed E-state index contributed by atoms with van der Waals surface area (Å²) < 4.78 is 5.66. The molecule has 1 aromatic carbocycles. The lowest BCUT2D eigenvalue weighted by molar-refractivity contribution is 0.285. The van der Waals surface area contributed by atoms with Gasteiger partial charge in [0.2, 0.25) is 0 Å². The molecular formula is C14H20O2. The third kappa shape index (κ3) is 3.16. The van der Waals surface area contributed by atoms with Gasteiger partial charge in [-0.25, -0.2) is 0 Å². The highest BCUT2D eigenvalue weighted by Gasteiger charge is 2.25. The Labute approximate surface area is 97.3 Å². The minimum Gasteiger partial charge on any atom is -0.504 e. The van der Waals surface area contributed by atoms with Crippen molar-refractivity contribution in [3.8, 4) is 11.5 Å². The van der Waals surface area contributed by atoms with Gasteiger partial charge in [-0.1, -0.05) is 26.8 Å². The van der Waals surface area contributed by atoms with E-state index >= 15 is 0 Å². The molecule has 0 radical (unpaired) electrons. The lowest BCUT2D eigenvalue weighted by Gasteiger charge is -2.19. The van der Waals surface area contributed by atoms with E-state index in [0.29, 0.717) is 11.9 Å². The number of ether oxygens (including phenoxy) is 1. The molecule has 2 heteroatoms. The molecule has 1 fully saturated rings. The van der Waals surface area contributed by atoms with Gasteiger partial charge in [0.25, 0.3) is 0 Å². The molecule has 0 atom stereocenters. The Kier molecular flexibility index (Phi) is 2.83. The molecule has 0 heterocycles. The Hall–Kier alpha value is -1.18. The highest BCUT2D eigenvalue weighted by Crippen LogP contribution is 2.34. The first kappa shape index (κ1) is 11.3. The van der Waals surface area contributed by atoms with Crippen LogP contribution in [0.2, 0.25) is 0 Å². The topological polar surface area (TPSA) is 29.5 Å². The maximum atomic E-state index is 9.68. The molecule has 0 bridgehead atoms. The molecule has 1 aliphatic rings. The van der Waals surface area contributed by atoms with E-state index < -0.39 is 0 Å². The summed E-state index contributed by atoms with van der Waals surface area (Å²) >= 11 is 0. The lowest BCUT2D eigenvalue weighted by atomic mass is 9.88. The predicted molar refractivity (Wildman–Crippen MR) is 64.9 cm³/mol. The van der Waals surface area contributed by atoms with E-state index in [4.69, 9.17) is 4.74 Å². The van der Waals surface area contributed by atoms with Crippen LogP contribution in [0.4, 0.5) is 0 Å². The van der Waals surface area contributed by atoms with Crippen LogP contribution < -0.4 is 4.74 Å². The standard InChI is InChI=1S/C14H20O2/c1-14(2,3)9-10-4-7-12(15)13(8-10)16-11-5-6-11/h4,7-8,11,15H,5-6,9H2,1-3H3. The molecule has 1 aliphatic carbocycles. The maximum absolute atomic E-state index is 9.68. The molecule has 0 saturated heterocycles. The molecule has 0 spiro atoms. The number of rotatable bonds is 3. The second kappa shape index (κ2) is 4.00. The maximum Gasteiger partial charge on any atom is 0.161 e. The summed E-state index contributed by atoms with van der Waals surface area (Å²) in [5.41, 5.74) is 1.48. The molecule has 0 aliphatic heterocycles. The van der Waals surface area contributed by atoms with Crippen LogP contribution in [0.3, 0.4) is 0 Å². The minimum atomic E-state index is 0.254. The predicted octanol–water partition coefficient (Wildman–Crippen LogP) is 3.52. The van der Waals surface area contributed by atoms with Gasteiger partial charge in [0.1, 0.15) is 0 Å². The van der Waals surface area contributed by atoms with Crippen molar-refractivity contribution in [1.82, 2.24) is 0 Å². The number of phenolic OH excluding ortho intramolecular Hbond substituents is 1. The third-order valence-electron chi connectivity index (χ3n) is 2.58. The average molecular weight is 220 g/mol. The highest BCUT2D eigenvalue weighted by atomic mass is 16.5. The van der Waals surface area contributed by atoms with Crippen molar-refractivity contribution < 1.29 is 9.84 Å². The molecule has 0 aromatic heterocycles. The molecule has 1 aromatic rings. The van der Waals surface area contributed by atoms with Crippen molar-refractivity contribution in [2.24, 2.45) is 5.41 Å². The van der Waals surface area contributed by atoms with Crippen molar-refractivity contribution in [2.45, 2.75) is 46.1 Å². The zero-order valence-electron chi connectivity index (χ0n) is 10.3. The van der Waals surface area contributed by atoms with Crippen LogP contribution >= 0.6 is 0 Å². The van der Waals surface area contributed by atoms with Crippen LogP contribution in [0.15, 0.2) is 18.2 Å². The van der Waals surface area contributed by atoms with Crippen LogP contribution in [0.5, 0.6) is 11.5 Å². The average Bonchev–Trinajstić information content (AvgIpc) is 2.92. The summed E-state index contributed by atoms with van der Waals surface area (Å²) in [7, 11) is 0. The molecule has 16 heavy (non-hydrogen) atoms. The van der Waals surface area contributed by atoms with E-state index in [9.17, 15) is 5.11 Å². The van der Waals surface area contributed by atoms with Gasteiger partial charge in [-0.15, -0.1) is 0 Å². The summed E-state index contributed by atoms with van der Waals surface area (Å²) in [4.78, 5) is 0. The van der Waals surface area contributed by atoms with Gasteiger partial charge in [0.05, 0.1) is 6.10 Å². The molecule has 0 unspecified atom stereocenters. The Bertz CT molecular complexity index is 373. The Morgan fingerprint density at radius 1 is 1.31 bits per heavy atom. The van der Waals surface area contributed by atoms with Gasteiger partial charge < -0.3 is 9.84 Å². The van der Waals surface area contributed by atoms with Crippen LogP contribution in [0.1, 0.15) is 39.2 Å². The second-order valence-corrected chi connectivity index (χ2v) is 5.86. The van der Waals surface area contributed by atoms with E-state index in [-0.39, 0.29) is 11.2 Å². The molecule has 2 nitrogen and oxygen atoms in total. The van der Waals surface area contributed by atoms with E-state index in [1.165, 1.54) is 5.56 Å². The van der Waals surface area contributed by atoms with Crippen molar-refractivity contribution >= 4 is 0 Å². The Morgan fingerprint density at radius 2 is 2.00 bits per heavy atom. The normalized spacial score (nSPS) is 16.2. The monoisotopic (exact) mass is 220 g/mol. The number of phenols is 1. The molecule has 1 N–H and O–H groups in total. The summed E-state index contributed by atoms with van der Waals surface area (Å²) in [5.74, 6) is 0.897. The first-order chi connectivity index (χ1) is 7.44. The second-order valence-electron chi connectivity index (χ2n) is 5.86. The van der Waals surface area contributed by atoms with Crippen LogP contribution in [-0.4, -0.2) is 11.2 Å². The van der Waals surface area contributed by atoms with E-state index in [0.717, 1.165) is 19.3 Å². The fourth-order valence-corrected chi connectivity index (χ4v) is 1.74. The first-order valence-electron chi connectivity index (χ1n) is 5.93. The first-order valence-corrected chi connectivity index (χ1v) is 5.93. The van der Waals surface area contributed by atoms with Gasteiger partial charge in [0.15, 0.2) is 11.5 Å². The molecular weight excluding hydrogens is 200 g/mol. The quantitative estimate of drug-likeness (QED) is 0.844. The number of benzene rings is 1. The number of aromatic hydroxyl groups is 1. The van der Waals surface area contributed by atoms with Gasteiger partial charge in [0, 0.05) is 0 Å². The molecule has 88 valence electrons. The van der Waals surface area contributed by atoms with Gasteiger partial charge in [-0.05, 0) is 42.4 Å². The summed E-state index contributed by atoms with van der Waals surface area (Å²) in [6, 6.07) is 5.68. The molecule has 0 amide bonds. The Balaban J connectivity index is 2.14. The van der Waals surface area contributed by atoms with E-state index in [1.807, 2.05) is 12.1 Å². The summed E-state index contributed by atoms with van der Waals surface area (Å²) in [6.45, 7) is 6.63. The Morgan fingerprint density at radius 3 is 2.56 bits per heavy atom. The summed E-state index contributed by atoms with van der Waals surface area (Å²) in [6.07, 6.45) is 3.55. The van der Waals surface area contributed by atoms with Crippen molar-refractivity contribution in [3.63, 3.8) is 0 Å². The highest BCUT2D eigenvalue weighted by molar-refractivity contribution is 5.42. The van der Waals surface area contributed by atoms with Crippen LogP contribution in [0.25, 0.3) is 0 Å². The van der Waals surface area contributed by atoms with Crippen molar-refractivity contribution in [3.05, 3.63) is 23.8 Å². The SMILES string of the molecule is CC(C)(C)Cc1ccc(O)c(OC2CC2)c1. The smallest absolute Gasteiger partial charge is 0.161 e. The lowest BCUT2D eigenvalue weighted by Crippen LogP contribution is -2.09. The fraction of sp³-hybridized carbons (Fsp3) is 0.571. The van der Waals surface area contributed by atoms with Gasteiger partial charge >= 0.3 is 0 Å². The van der Waals surface area contributed by atoms with Gasteiger partial charge in [-0.3, -0.25) is 0 Å². The van der Waals surface area contributed by atoms with Gasteiger partial charge in [-0.2, -0.15) is 0 Å². The minimum absolute atomic E-state index is 0.254. The van der Waals surface area contributed by atoms with Crippen molar-refractivity contribution in [2.75, 3.05) is 0 Å². The molecule has 2 rings (SSSR count). The largest absolute Gasteiger partial charge is 0.504 e. The fourth-order valence-electron chi connectivity index (χ4n) is 1.74.